The van der Waals surface area contributed by atoms with Crippen molar-refractivity contribution in [3.63, 3.8) is 0 Å². The number of unbranched alkanes of at least 4 members (excludes halogenated alkanes) is 3. The molecule has 0 saturated carbocycles. The van der Waals surface area contributed by atoms with Gasteiger partial charge in [0.05, 0.1) is 33.9 Å². The predicted molar refractivity (Wildman–Crippen MR) is 200 cm³/mol. The first-order chi connectivity index (χ1) is 24.1. The Kier molecular flexibility index (Phi) is 8.52. The fraction of sp³-hybridized carbons (Fsp3) is 0.268. The smallest absolute Gasteiger partial charge is 0.220 e. The van der Waals surface area contributed by atoms with Crippen molar-refractivity contribution in [1.82, 2.24) is 20.0 Å². The van der Waals surface area contributed by atoms with E-state index in [1.54, 1.807) is 0 Å². The van der Waals surface area contributed by atoms with Crippen LogP contribution < -0.4 is 21.4 Å². The molecule has 0 atom stereocenters. The molecule has 0 fully saturated rings. The summed E-state index contributed by atoms with van der Waals surface area (Å²) in [5.41, 5.74) is 23.8. The number of nitrogens with one attached hydrogen (secondary N) is 1. The summed E-state index contributed by atoms with van der Waals surface area (Å²) in [6.45, 7) is 1.49. The molecule has 8 heteroatoms. The number of aryl methyl sites for hydroxylation is 3. The number of fused-ring (bicyclic) bond motifs is 5. The first kappa shape index (κ1) is 30.8. The van der Waals surface area contributed by atoms with Crippen LogP contribution in [0.5, 0.6) is 0 Å². The quantitative estimate of drug-likeness (QED) is 0.0568. The Labute approximate surface area is 286 Å². The molecule has 0 unspecified atom stereocenters. The van der Waals surface area contributed by atoms with Crippen molar-refractivity contribution in [2.24, 2.45) is 0 Å². The molecule has 0 bridgehead atoms. The van der Waals surface area contributed by atoms with Gasteiger partial charge in [-0.2, -0.15) is 4.57 Å². The van der Waals surface area contributed by atoms with Gasteiger partial charge in [-0.25, -0.2) is 4.68 Å². The normalized spacial score (nSPS) is 12.9. The summed E-state index contributed by atoms with van der Waals surface area (Å²) in [7, 11) is 0. The third-order valence-corrected chi connectivity index (χ3v) is 10.1. The number of nitrogens with zero attached hydrogens (tertiary/aromatic N) is 5. The van der Waals surface area contributed by atoms with E-state index in [0.29, 0.717) is 6.67 Å². The Morgan fingerprint density at radius 3 is 2.41 bits per heavy atom. The highest BCUT2D eigenvalue weighted by Crippen LogP contribution is 2.35. The van der Waals surface area contributed by atoms with Crippen LogP contribution in [0.3, 0.4) is 0 Å². The Morgan fingerprint density at radius 1 is 0.735 bits per heavy atom. The molecule has 3 heterocycles. The van der Waals surface area contributed by atoms with Gasteiger partial charge >= 0.3 is 0 Å². The van der Waals surface area contributed by atoms with Gasteiger partial charge < -0.3 is 16.8 Å². The van der Waals surface area contributed by atoms with Crippen molar-refractivity contribution in [2.75, 3.05) is 16.8 Å². The number of anilines is 3. The zero-order chi connectivity index (χ0) is 33.2. The maximum Gasteiger partial charge on any atom is 0.220 e. The molecule has 1 aliphatic carbocycles. The van der Waals surface area contributed by atoms with E-state index < -0.39 is 0 Å². The van der Waals surface area contributed by atoms with E-state index in [4.69, 9.17) is 16.5 Å². The molecule has 0 amide bonds. The van der Waals surface area contributed by atoms with Crippen molar-refractivity contribution < 1.29 is 4.57 Å². The Balaban J connectivity index is 0.958. The van der Waals surface area contributed by atoms with Crippen LogP contribution >= 0.6 is 0 Å². The Morgan fingerprint density at radius 2 is 1.51 bits per heavy atom. The highest BCUT2D eigenvalue weighted by molar-refractivity contribution is 6.10. The highest BCUT2D eigenvalue weighted by atomic mass is 15.4. The number of nitrogens with two attached hydrogens (primary N) is 2. The van der Waals surface area contributed by atoms with E-state index >= 15 is 0 Å². The van der Waals surface area contributed by atoms with E-state index in [1.165, 1.54) is 57.2 Å². The Bertz CT molecular complexity index is 2270. The lowest BCUT2D eigenvalue weighted by molar-refractivity contribution is -0.659. The number of aromatic nitrogens is 5. The minimum Gasteiger partial charge on any atom is -0.399 e. The van der Waals surface area contributed by atoms with Crippen molar-refractivity contribution >= 4 is 49.6 Å². The fourth-order valence-corrected chi connectivity index (χ4v) is 7.66. The van der Waals surface area contributed by atoms with Crippen LogP contribution in [0.25, 0.3) is 43.8 Å². The molecular formula is C41H43N8+. The van der Waals surface area contributed by atoms with Gasteiger partial charge in [-0.1, -0.05) is 54.1 Å². The summed E-state index contributed by atoms with van der Waals surface area (Å²) in [6, 6.07) is 31.6. The number of para-hydroxylation sites is 1. The van der Waals surface area contributed by atoms with Gasteiger partial charge in [-0.3, -0.25) is 4.98 Å². The Hall–Kier alpha value is -5.50. The van der Waals surface area contributed by atoms with E-state index in [9.17, 15) is 0 Å². The van der Waals surface area contributed by atoms with E-state index in [0.717, 1.165) is 85.0 Å². The summed E-state index contributed by atoms with van der Waals surface area (Å²) < 4.78 is 4.47. The lowest BCUT2D eigenvalue weighted by Crippen LogP contribution is -2.37. The maximum absolute atomic E-state index is 6.36. The number of nitrogen functional groups attached to an aromatic ring is 2. The van der Waals surface area contributed by atoms with Crippen molar-refractivity contribution in [1.29, 1.82) is 0 Å². The minimum absolute atomic E-state index is 0.595. The number of benzene rings is 4. The number of rotatable bonds is 11. The molecule has 246 valence electrons. The van der Waals surface area contributed by atoms with Crippen molar-refractivity contribution in [3.05, 3.63) is 114 Å². The average Bonchev–Trinajstić information content (AvgIpc) is 3.58. The minimum atomic E-state index is 0.595. The predicted octanol–water partition coefficient (Wildman–Crippen LogP) is 8.00. The first-order valence-electron chi connectivity index (χ1n) is 17.7. The molecule has 3 aromatic heterocycles. The van der Waals surface area contributed by atoms with Crippen LogP contribution in [0.1, 0.15) is 55.5 Å². The molecular weight excluding hydrogens is 605 g/mol. The number of pyridine rings is 2. The molecule has 8 rings (SSSR count). The van der Waals surface area contributed by atoms with E-state index in [-0.39, 0.29) is 0 Å². The third-order valence-electron chi connectivity index (χ3n) is 10.1. The zero-order valence-electron chi connectivity index (χ0n) is 27.9. The zero-order valence-corrected chi connectivity index (χ0v) is 27.9. The fourth-order valence-electron chi connectivity index (χ4n) is 7.66. The van der Waals surface area contributed by atoms with Gasteiger partial charge in [0.15, 0.2) is 0 Å². The molecule has 0 spiro atoms. The summed E-state index contributed by atoms with van der Waals surface area (Å²) in [4.78, 5) is 4.99. The molecule has 4 aromatic carbocycles. The molecule has 7 aromatic rings. The molecule has 1 aliphatic rings. The van der Waals surface area contributed by atoms with E-state index in [2.05, 4.69) is 99.1 Å². The second-order valence-electron chi connectivity index (χ2n) is 13.3. The van der Waals surface area contributed by atoms with Gasteiger partial charge in [-0.15, -0.1) is 5.10 Å². The van der Waals surface area contributed by atoms with Crippen molar-refractivity contribution in [2.45, 2.75) is 71.0 Å². The van der Waals surface area contributed by atoms with Crippen LogP contribution in [0, 0.1) is 0 Å². The van der Waals surface area contributed by atoms with Crippen LogP contribution in [0.4, 0.5) is 17.1 Å². The molecule has 5 N–H and O–H groups in total. The van der Waals surface area contributed by atoms with Gasteiger partial charge in [0.2, 0.25) is 11.2 Å². The summed E-state index contributed by atoms with van der Waals surface area (Å²) in [5.74, 6) is 0. The SMILES string of the molecule is Nc1ccc2c(c1)c(-c1ccccc1)[n+](CCCCCCc1cnnn1CNc1c3c(nc4ccccc14)CCCC3)c1cc(N)ccc21. The summed E-state index contributed by atoms with van der Waals surface area (Å²) in [5, 5.41) is 17.2. The topological polar surface area (TPSA) is 112 Å². The van der Waals surface area contributed by atoms with E-state index in [1.807, 2.05) is 23.0 Å². The molecule has 8 nitrogen and oxygen atoms in total. The van der Waals surface area contributed by atoms with Gasteiger partial charge in [0, 0.05) is 45.9 Å². The molecule has 0 saturated heterocycles. The lowest BCUT2D eigenvalue weighted by atomic mass is 9.93. The summed E-state index contributed by atoms with van der Waals surface area (Å²) in [6.07, 6.45) is 11.8. The largest absolute Gasteiger partial charge is 0.399 e. The molecule has 49 heavy (non-hydrogen) atoms. The van der Waals surface area contributed by atoms with Gasteiger partial charge in [-0.05, 0) is 93.0 Å². The lowest BCUT2D eigenvalue weighted by Gasteiger charge is -2.22. The van der Waals surface area contributed by atoms with Crippen LogP contribution in [-0.4, -0.2) is 20.0 Å². The summed E-state index contributed by atoms with van der Waals surface area (Å²) >= 11 is 0. The maximum atomic E-state index is 6.36. The number of hydrogen-bond donors (Lipinski definition) is 3. The number of hydrogen-bond acceptors (Lipinski definition) is 6. The first-order valence-corrected chi connectivity index (χ1v) is 17.7. The van der Waals surface area contributed by atoms with Crippen LogP contribution in [0.15, 0.2) is 97.2 Å². The monoisotopic (exact) mass is 647 g/mol. The van der Waals surface area contributed by atoms with Crippen molar-refractivity contribution in [3.8, 4) is 11.3 Å². The van der Waals surface area contributed by atoms with Gasteiger partial charge in [0.25, 0.3) is 0 Å². The second kappa shape index (κ2) is 13.5. The van der Waals surface area contributed by atoms with Crippen LogP contribution in [0.2, 0.25) is 0 Å². The van der Waals surface area contributed by atoms with Crippen LogP contribution in [-0.2, 0) is 32.5 Å². The second-order valence-corrected chi connectivity index (χ2v) is 13.3. The highest BCUT2D eigenvalue weighted by Gasteiger charge is 2.24. The molecule has 0 aliphatic heterocycles. The standard InChI is InChI=1S/C41H42N8/c42-29-19-21-32-33-22-20-30(43)25-39(33)48(41(36(32)24-29)28-12-4-3-5-13-28)23-11-2-1-6-14-31-26-45-47-49(31)27-44-40-34-15-7-9-17-37(34)46-38-18-10-8-16-35(38)40/h3-5,7,9,12-13,15,17,19-22,24-26,43H,1-2,6,8,10-11,14,16,18,23,27,42H2,(H,44,46)/p+1. The molecule has 0 radical (unpaired) electrons. The average molecular weight is 648 g/mol. The van der Waals surface area contributed by atoms with Gasteiger partial charge in [0.1, 0.15) is 13.2 Å². The third kappa shape index (κ3) is 6.15.